The first-order valence-corrected chi connectivity index (χ1v) is 9.86. The quantitative estimate of drug-likeness (QED) is 0.333. The molecule has 0 aromatic heterocycles. The van der Waals surface area contributed by atoms with E-state index in [2.05, 4.69) is 17.6 Å². The summed E-state index contributed by atoms with van der Waals surface area (Å²) in [5.74, 6) is -1.07. The largest absolute Gasteiger partial charge is 0.382 e. The van der Waals surface area contributed by atoms with E-state index < -0.39 is 11.8 Å². The lowest BCUT2D eigenvalue weighted by atomic mass is 10.1. The van der Waals surface area contributed by atoms with Crippen molar-refractivity contribution in [1.82, 2.24) is 10.6 Å². The smallest absolute Gasteiger partial charge is 0.309 e. The van der Waals surface area contributed by atoms with E-state index in [0.29, 0.717) is 26.3 Å². The second-order valence-corrected chi connectivity index (χ2v) is 6.24. The van der Waals surface area contributed by atoms with Gasteiger partial charge < -0.3 is 15.4 Å². The Morgan fingerprint density at radius 2 is 1.12 bits per heavy atom. The molecule has 5 nitrogen and oxygen atoms in total. The first kappa shape index (κ1) is 22.9. The fourth-order valence-electron chi connectivity index (χ4n) is 2.50. The highest BCUT2D eigenvalue weighted by molar-refractivity contribution is 6.35. The molecular formula is C19H38N2O3. The molecule has 0 heterocycles. The van der Waals surface area contributed by atoms with Crippen molar-refractivity contribution in [2.45, 2.75) is 84.5 Å². The molecule has 0 unspecified atom stereocenters. The minimum atomic E-state index is -0.543. The third kappa shape index (κ3) is 15.8. The Labute approximate surface area is 148 Å². The Kier molecular flexibility index (Phi) is 17.4. The first-order chi connectivity index (χ1) is 11.7. The molecule has 24 heavy (non-hydrogen) atoms. The van der Waals surface area contributed by atoms with Crippen LogP contribution in [0.2, 0.25) is 0 Å². The standard InChI is InChI=1S/C19H38N2O3/c1-3-5-6-7-8-9-10-11-12-13-15-20-18(22)19(23)21-16-14-17-24-4-2/h3-17H2,1-2H3,(H,20,22)(H,21,23). The lowest BCUT2D eigenvalue weighted by Gasteiger charge is -2.07. The van der Waals surface area contributed by atoms with Gasteiger partial charge in [-0.2, -0.15) is 0 Å². The second kappa shape index (κ2) is 18.2. The molecule has 0 radical (unpaired) electrons. The molecule has 0 fully saturated rings. The second-order valence-electron chi connectivity index (χ2n) is 6.24. The summed E-state index contributed by atoms with van der Waals surface area (Å²) in [6.07, 6.45) is 13.3. The number of rotatable bonds is 16. The zero-order valence-corrected chi connectivity index (χ0v) is 15.8. The van der Waals surface area contributed by atoms with E-state index in [4.69, 9.17) is 4.74 Å². The van der Waals surface area contributed by atoms with Crippen LogP contribution < -0.4 is 10.6 Å². The summed E-state index contributed by atoms with van der Waals surface area (Å²) in [5.41, 5.74) is 0. The maximum Gasteiger partial charge on any atom is 0.309 e. The van der Waals surface area contributed by atoms with Crippen LogP contribution in [0.25, 0.3) is 0 Å². The first-order valence-electron chi connectivity index (χ1n) is 9.86. The zero-order valence-electron chi connectivity index (χ0n) is 15.8. The van der Waals surface area contributed by atoms with Crippen LogP contribution in [-0.4, -0.2) is 38.1 Å². The molecule has 0 aliphatic heterocycles. The average molecular weight is 343 g/mol. The minimum absolute atomic E-state index is 0.477. The molecule has 0 aromatic rings. The van der Waals surface area contributed by atoms with Gasteiger partial charge in [0.25, 0.3) is 0 Å². The van der Waals surface area contributed by atoms with Crippen molar-refractivity contribution < 1.29 is 14.3 Å². The summed E-state index contributed by atoms with van der Waals surface area (Å²) in [6.45, 7) is 6.51. The van der Waals surface area contributed by atoms with Gasteiger partial charge in [0.2, 0.25) is 0 Å². The maximum absolute atomic E-state index is 11.6. The van der Waals surface area contributed by atoms with Crippen LogP contribution in [0.4, 0.5) is 0 Å². The van der Waals surface area contributed by atoms with E-state index in [9.17, 15) is 9.59 Å². The summed E-state index contributed by atoms with van der Waals surface area (Å²) in [5, 5.41) is 5.28. The average Bonchev–Trinajstić information content (AvgIpc) is 2.59. The number of amides is 2. The van der Waals surface area contributed by atoms with Gasteiger partial charge in [-0.05, 0) is 19.8 Å². The van der Waals surface area contributed by atoms with Crippen molar-refractivity contribution in [3.63, 3.8) is 0 Å². The van der Waals surface area contributed by atoms with Crippen LogP contribution >= 0.6 is 0 Å². The number of nitrogens with one attached hydrogen (secondary N) is 2. The third-order valence-electron chi connectivity index (χ3n) is 3.98. The summed E-state index contributed by atoms with van der Waals surface area (Å²) in [7, 11) is 0. The minimum Gasteiger partial charge on any atom is -0.382 e. The van der Waals surface area contributed by atoms with Gasteiger partial charge >= 0.3 is 11.8 Å². The lowest BCUT2D eigenvalue weighted by molar-refractivity contribution is -0.139. The number of hydrogen-bond acceptors (Lipinski definition) is 3. The van der Waals surface area contributed by atoms with Crippen LogP contribution in [0.1, 0.15) is 84.5 Å². The van der Waals surface area contributed by atoms with E-state index in [0.717, 1.165) is 19.3 Å². The van der Waals surface area contributed by atoms with Crippen LogP contribution in [0.15, 0.2) is 0 Å². The lowest BCUT2D eigenvalue weighted by Crippen LogP contribution is -2.40. The molecule has 142 valence electrons. The van der Waals surface area contributed by atoms with Gasteiger partial charge in [0.05, 0.1) is 0 Å². The van der Waals surface area contributed by atoms with Crippen LogP contribution in [0, 0.1) is 0 Å². The number of carbonyl (C=O) groups excluding carboxylic acids is 2. The highest BCUT2D eigenvalue weighted by atomic mass is 16.5. The molecule has 0 aliphatic carbocycles. The maximum atomic E-state index is 11.6. The Bertz CT molecular complexity index is 309. The van der Waals surface area contributed by atoms with Crippen molar-refractivity contribution in [2.75, 3.05) is 26.3 Å². The van der Waals surface area contributed by atoms with Gasteiger partial charge in [0.1, 0.15) is 0 Å². The van der Waals surface area contributed by atoms with Gasteiger partial charge in [-0.1, -0.05) is 64.7 Å². The Balaban J connectivity index is 3.31. The third-order valence-corrected chi connectivity index (χ3v) is 3.98. The molecule has 0 saturated heterocycles. The number of carbonyl (C=O) groups is 2. The topological polar surface area (TPSA) is 67.4 Å². The van der Waals surface area contributed by atoms with Gasteiger partial charge in [-0.3, -0.25) is 9.59 Å². The van der Waals surface area contributed by atoms with E-state index in [-0.39, 0.29) is 0 Å². The number of hydrogen-bond donors (Lipinski definition) is 2. The van der Waals surface area contributed by atoms with Gasteiger partial charge in [0, 0.05) is 26.3 Å². The van der Waals surface area contributed by atoms with E-state index >= 15 is 0 Å². The van der Waals surface area contributed by atoms with Gasteiger partial charge in [0.15, 0.2) is 0 Å². The normalized spacial score (nSPS) is 10.6. The molecule has 2 amide bonds. The van der Waals surface area contributed by atoms with E-state index in [1.165, 1.54) is 51.4 Å². The van der Waals surface area contributed by atoms with Crippen molar-refractivity contribution in [1.29, 1.82) is 0 Å². The molecule has 2 N–H and O–H groups in total. The SMILES string of the molecule is CCCCCCCCCCCCNC(=O)C(=O)NCCCOCC. The predicted octanol–water partition coefficient (Wildman–Crippen LogP) is 3.57. The fourth-order valence-corrected chi connectivity index (χ4v) is 2.50. The van der Waals surface area contributed by atoms with Crippen molar-refractivity contribution in [2.24, 2.45) is 0 Å². The van der Waals surface area contributed by atoms with Gasteiger partial charge in [-0.25, -0.2) is 0 Å². The molecule has 0 spiro atoms. The van der Waals surface area contributed by atoms with Crippen molar-refractivity contribution >= 4 is 11.8 Å². The summed E-state index contributed by atoms with van der Waals surface area (Å²) in [6, 6.07) is 0. The molecule has 0 bridgehead atoms. The number of unbranched alkanes of at least 4 members (excludes halogenated alkanes) is 9. The molecule has 0 aliphatic rings. The zero-order chi connectivity index (χ0) is 17.9. The molecular weight excluding hydrogens is 304 g/mol. The van der Waals surface area contributed by atoms with Crippen LogP contribution in [0.5, 0.6) is 0 Å². The van der Waals surface area contributed by atoms with Crippen LogP contribution in [-0.2, 0) is 14.3 Å². The van der Waals surface area contributed by atoms with E-state index in [1.54, 1.807) is 0 Å². The summed E-state index contributed by atoms with van der Waals surface area (Å²) >= 11 is 0. The Morgan fingerprint density at radius 1 is 0.667 bits per heavy atom. The molecule has 0 atom stereocenters. The Morgan fingerprint density at radius 3 is 1.62 bits per heavy atom. The van der Waals surface area contributed by atoms with Crippen molar-refractivity contribution in [3.05, 3.63) is 0 Å². The molecule has 5 heteroatoms. The molecule has 0 aromatic carbocycles. The van der Waals surface area contributed by atoms with E-state index in [1.807, 2.05) is 6.92 Å². The fraction of sp³-hybridized carbons (Fsp3) is 0.895. The molecule has 0 rings (SSSR count). The molecule has 0 saturated carbocycles. The number of ether oxygens (including phenoxy) is 1. The van der Waals surface area contributed by atoms with Crippen LogP contribution in [0.3, 0.4) is 0 Å². The predicted molar refractivity (Wildman–Crippen MR) is 99.0 cm³/mol. The monoisotopic (exact) mass is 342 g/mol. The summed E-state index contributed by atoms with van der Waals surface area (Å²) in [4.78, 5) is 23.1. The van der Waals surface area contributed by atoms with Gasteiger partial charge in [-0.15, -0.1) is 0 Å². The highest BCUT2D eigenvalue weighted by Crippen LogP contribution is 2.10. The van der Waals surface area contributed by atoms with Crippen molar-refractivity contribution in [3.8, 4) is 0 Å². The summed E-state index contributed by atoms with van der Waals surface area (Å²) < 4.78 is 5.17. The Hall–Kier alpha value is -1.10. The highest BCUT2D eigenvalue weighted by Gasteiger charge is 2.11.